The Morgan fingerprint density at radius 3 is 2.44 bits per heavy atom. The van der Waals surface area contributed by atoms with E-state index in [1.54, 1.807) is 0 Å². The number of hydrogen-bond donors (Lipinski definition) is 0. The zero-order valence-corrected chi connectivity index (χ0v) is 6.10. The Kier molecular flexibility index (Phi) is 7.44. The Morgan fingerprint density at radius 1 is 1.22 bits per heavy atom. The summed E-state index contributed by atoms with van der Waals surface area (Å²) in [6.45, 7) is 2.22. The van der Waals surface area contributed by atoms with E-state index in [1.807, 2.05) is 0 Å². The molecule has 0 aromatic rings. The molecule has 0 aliphatic carbocycles. The van der Waals surface area contributed by atoms with Gasteiger partial charge in [0.05, 0.1) is 6.61 Å². The van der Waals surface area contributed by atoms with Crippen LogP contribution in [0, 0.1) is 0 Å². The van der Waals surface area contributed by atoms with Crippen molar-refractivity contribution in [3.8, 4) is 0 Å². The summed E-state index contributed by atoms with van der Waals surface area (Å²) in [6, 6.07) is 0. The van der Waals surface area contributed by atoms with Gasteiger partial charge < -0.3 is 0 Å². The van der Waals surface area contributed by atoms with E-state index < -0.39 is 0 Å². The summed E-state index contributed by atoms with van der Waals surface area (Å²) in [5.41, 5.74) is 0. The molecule has 0 aromatic heterocycles. The highest BCUT2D eigenvalue weighted by molar-refractivity contribution is 4.80. The molecule has 1 nitrogen and oxygen atoms in total. The molecule has 0 saturated carbocycles. The molecule has 0 atom stereocenters. The van der Waals surface area contributed by atoms with Gasteiger partial charge in [-0.2, -0.15) is 0 Å². The van der Waals surface area contributed by atoms with Crippen molar-refractivity contribution >= 4 is 0 Å². The molecule has 1 heteroatoms. The van der Waals surface area contributed by atoms with Crippen LogP contribution < -0.4 is 0 Å². The highest BCUT2D eigenvalue weighted by atomic mass is 16.2. The second-order valence-electron chi connectivity index (χ2n) is 2.11. The molecular weight excluding hydrogens is 112 g/mol. The van der Waals surface area contributed by atoms with E-state index in [1.165, 1.54) is 6.42 Å². The standard InChI is InChI=1S/C8H15O/c1-2-3-4-5-6-7-8-9/h4-5H,2-3,6-8H2,1H3/b5-4+. The summed E-state index contributed by atoms with van der Waals surface area (Å²) in [7, 11) is 0. The lowest BCUT2D eigenvalue weighted by atomic mass is 10.2. The van der Waals surface area contributed by atoms with Gasteiger partial charge in [-0.3, -0.25) is 0 Å². The lowest BCUT2D eigenvalue weighted by Gasteiger charge is -1.85. The molecule has 0 unspecified atom stereocenters. The molecule has 0 saturated heterocycles. The van der Waals surface area contributed by atoms with Crippen molar-refractivity contribution in [2.75, 3.05) is 6.61 Å². The fourth-order valence-electron chi connectivity index (χ4n) is 0.604. The molecule has 0 N–H and O–H groups in total. The Bertz CT molecular complexity index is 67.0. The Balaban J connectivity index is 2.86. The quantitative estimate of drug-likeness (QED) is 0.399. The van der Waals surface area contributed by atoms with Crippen LogP contribution in [0.15, 0.2) is 12.2 Å². The van der Waals surface area contributed by atoms with Crippen LogP contribution in [-0.4, -0.2) is 6.61 Å². The highest BCUT2D eigenvalue weighted by Crippen LogP contribution is 1.93. The molecule has 0 aliphatic rings. The maximum Gasteiger partial charge on any atom is 0.0825 e. The third kappa shape index (κ3) is 7.70. The predicted octanol–water partition coefficient (Wildman–Crippen LogP) is 2.55. The summed E-state index contributed by atoms with van der Waals surface area (Å²) >= 11 is 0. The first-order chi connectivity index (χ1) is 4.41. The average molecular weight is 127 g/mol. The van der Waals surface area contributed by atoms with Crippen LogP contribution in [0.1, 0.15) is 32.6 Å². The van der Waals surface area contributed by atoms with Crippen molar-refractivity contribution in [1.29, 1.82) is 0 Å². The monoisotopic (exact) mass is 127 g/mol. The minimum Gasteiger partial charge on any atom is -0.237 e. The summed E-state index contributed by atoms with van der Waals surface area (Å²) in [4.78, 5) is 0. The molecule has 0 aliphatic heterocycles. The number of hydrogen-bond acceptors (Lipinski definition) is 0. The van der Waals surface area contributed by atoms with Gasteiger partial charge in [0.25, 0.3) is 0 Å². The summed E-state index contributed by atoms with van der Waals surface area (Å²) in [5.74, 6) is 0. The SMILES string of the molecule is CCC/C=C/CCC[O]. The third-order valence-corrected chi connectivity index (χ3v) is 1.14. The van der Waals surface area contributed by atoms with Crippen LogP contribution in [0.25, 0.3) is 0 Å². The summed E-state index contributed by atoms with van der Waals surface area (Å²) in [6.07, 6.45) is 8.35. The molecule has 0 amide bonds. The summed E-state index contributed by atoms with van der Waals surface area (Å²) < 4.78 is 0. The van der Waals surface area contributed by atoms with Crippen LogP contribution in [0.5, 0.6) is 0 Å². The van der Waals surface area contributed by atoms with Gasteiger partial charge in [0.15, 0.2) is 0 Å². The first-order valence-corrected chi connectivity index (χ1v) is 3.65. The zero-order chi connectivity index (χ0) is 6.95. The van der Waals surface area contributed by atoms with Crippen molar-refractivity contribution in [3.63, 3.8) is 0 Å². The van der Waals surface area contributed by atoms with Gasteiger partial charge in [-0.25, -0.2) is 5.11 Å². The van der Waals surface area contributed by atoms with E-state index in [0.717, 1.165) is 19.3 Å². The molecule has 0 aromatic carbocycles. The maximum absolute atomic E-state index is 9.93. The topological polar surface area (TPSA) is 19.9 Å². The van der Waals surface area contributed by atoms with Gasteiger partial charge in [0.1, 0.15) is 0 Å². The first-order valence-electron chi connectivity index (χ1n) is 3.65. The zero-order valence-electron chi connectivity index (χ0n) is 6.10. The maximum atomic E-state index is 9.93. The van der Waals surface area contributed by atoms with Gasteiger partial charge in [0.2, 0.25) is 0 Å². The lowest BCUT2D eigenvalue weighted by molar-refractivity contribution is 0.190. The highest BCUT2D eigenvalue weighted by Gasteiger charge is 1.78. The van der Waals surface area contributed by atoms with Crippen LogP contribution in [-0.2, 0) is 5.11 Å². The van der Waals surface area contributed by atoms with Crippen molar-refractivity contribution in [3.05, 3.63) is 12.2 Å². The molecule has 0 rings (SSSR count). The van der Waals surface area contributed by atoms with Crippen LogP contribution in [0.4, 0.5) is 0 Å². The van der Waals surface area contributed by atoms with Gasteiger partial charge in [-0.1, -0.05) is 25.5 Å². The fourth-order valence-corrected chi connectivity index (χ4v) is 0.604. The van der Waals surface area contributed by atoms with Gasteiger partial charge in [0, 0.05) is 0 Å². The molecule has 9 heavy (non-hydrogen) atoms. The van der Waals surface area contributed by atoms with Gasteiger partial charge in [-0.15, -0.1) is 0 Å². The van der Waals surface area contributed by atoms with E-state index in [9.17, 15) is 5.11 Å². The van der Waals surface area contributed by atoms with Crippen LogP contribution in [0.3, 0.4) is 0 Å². The molecule has 53 valence electrons. The number of rotatable bonds is 5. The average Bonchev–Trinajstić information content (AvgIpc) is 1.89. The Morgan fingerprint density at radius 2 is 1.89 bits per heavy atom. The minimum atomic E-state index is 0.0659. The van der Waals surface area contributed by atoms with E-state index >= 15 is 0 Å². The van der Waals surface area contributed by atoms with Crippen molar-refractivity contribution in [2.24, 2.45) is 0 Å². The lowest BCUT2D eigenvalue weighted by Crippen LogP contribution is -1.75. The normalized spacial score (nSPS) is 10.9. The van der Waals surface area contributed by atoms with E-state index in [2.05, 4.69) is 19.1 Å². The number of allylic oxidation sites excluding steroid dienone is 2. The smallest absolute Gasteiger partial charge is 0.0825 e. The molecular formula is C8H15O. The van der Waals surface area contributed by atoms with E-state index in [0.29, 0.717) is 0 Å². The molecule has 0 spiro atoms. The van der Waals surface area contributed by atoms with Crippen molar-refractivity contribution in [1.82, 2.24) is 0 Å². The minimum absolute atomic E-state index is 0.0659. The Hall–Kier alpha value is -0.300. The third-order valence-electron chi connectivity index (χ3n) is 1.14. The summed E-state index contributed by atoms with van der Waals surface area (Å²) in [5, 5.41) is 9.93. The second-order valence-corrected chi connectivity index (χ2v) is 2.11. The van der Waals surface area contributed by atoms with Crippen molar-refractivity contribution in [2.45, 2.75) is 32.6 Å². The molecule has 0 bridgehead atoms. The second kappa shape index (κ2) is 7.70. The van der Waals surface area contributed by atoms with Gasteiger partial charge >= 0.3 is 0 Å². The molecule has 1 radical (unpaired) electrons. The predicted molar refractivity (Wildman–Crippen MR) is 38.8 cm³/mol. The molecule has 0 heterocycles. The Labute approximate surface area is 57.4 Å². The van der Waals surface area contributed by atoms with Crippen molar-refractivity contribution < 1.29 is 5.11 Å². The number of unbranched alkanes of at least 4 members (excludes halogenated alkanes) is 2. The van der Waals surface area contributed by atoms with Crippen LogP contribution >= 0.6 is 0 Å². The van der Waals surface area contributed by atoms with E-state index in [-0.39, 0.29) is 6.61 Å². The molecule has 0 fully saturated rings. The fraction of sp³-hybridized carbons (Fsp3) is 0.750. The largest absolute Gasteiger partial charge is 0.237 e. The van der Waals surface area contributed by atoms with Crippen LogP contribution in [0.2, 0.25) is 0 Å². The first kappa shape index (κ1) is 8.70. The van der Waals surface area contributed by atoms with Gasteiger partial charge in [-0.05, 0) is 19.3 Å². The van der Waals surface area contributed by atoms with E-state index in [4.69, 9.17) is 0 Å².